The Bertz CT molecular complexity index is 538. The summed E-state index contributed by atoms with van der Waals surface area (Å²) in [7, 11) is 1.27. The SMILES string of the molecule is COC(=O)[C@H](Cc1c(Cl)cccc1Cl)NC(=O)[C@H]1CCOC1. The number of benzene rings is 1. The minimum Gasteiger partial charge on any atom is -0.467 e. The molecule has 0 bridgehead atoms. The van der Waals surface area contributed by atoms with Gasteiger partial charge in [-0.15, -0.1) is 0 Å². The maximum atomic E-state index is 12.2. The number of carbonyl (C=O) groups excluding carboxylic acids is 2. The smallest absolute Gasteiger partial charge is 0.328 e. The highest BCUT2D eigenvalue weighted by molar-refractivity contribution is 6.36. The lowest BCUT2D eigenvalue weighted by Crippen LogP contribution is -2.45. The maximum Gasteiger partial charge on any atom is 0.328 e. The Hall–Kier alpha value is -1.30. The van der Waals surface area contributed by atoms with E-state index in [1.165, 1.54) is 7.11 Å². The Kier molecular flexibility index (Phi) is 6.06. The fraction of sp³-hybridized carbons (Fsp3) is 0.467. The molecule has 1 saturated heterocycles. The van der Waals surface area contributed by atoms with Crippen LogP contribution in [-0.4, -0.2) is 38.2 Å². The fourth-order valence-electron chi connectivity index (χ4n) is 2.30. The normalized spacial score (nSPS) is 18.8. The van der Waals surface area contributed by atoms with Gasteiger partial charge in [0, 0.05) is 23.1 Å². The van der Waals surface area contributed by atoms with E-state index in [9.17, 15) is 9.59 Å². The third kappa shape index (κ3) is 4.12. The summed E-state index contributed by atoms with van der Waals surface area (Å²) in [6.45, 7) is 0.921. The number of rotatable bonds is 5. The summed E-state index contributed by atoms with van der Waals surface area (Å²) >= 11 is 12.2. The molecule has 0 aromatic heterocycles. The number of amides is 1. The van der Waals surface area contributed by atoms with Crippen LogP contribution in [0.5, 0.6) is 0 Å². The zero-order chi connectivity index (χ0) is 16.1. The van der Waals surface area contributed by atoms with Crippen molar-refractivity contribution >= 4 is 35.1 Å². The zero-order valence-electron chi connectivity index (χ0n) is 12.1. The van der Waals surface area contributed by atoms with Crippen LogP contribution in [0.2, 0.25) is 10.0 Å². The van der Waals surface area contributed by atoms with Crippen LogP contribution in [0, 0.1) is 5.92 Å². The van der Waals surface area contributed by atoms with E-state index in [4.69, 9.17) is 32.7 Å². The number of esters is 1. The van der Waals surface area contributed by atoms with Crippen LogP contribution < -0.4 is 5.32 Å². The maximum absolute atomic E-state index is 12.2. The van der Waals surface area contributed by atoms with E-state index in [2.05, 4.69) is 5.32 Å². The third-order valence-corrected chi connectivity index (χ3v) is 4.28. The van der Waals surface area contributed by atoms with Gasteiger partial charge < -0.3 is 14.8 Å². The molecule has 0 aliphatic carbocycles. The molecule has 1 aliphatic heterocycles. The average Bonchev–Trinajstić information content (AvgIpc) is 3.03. The van der Waals surface area contributed by atoms with E-state index in [0.29, 0.717) is 35.2 Å². The molecule has 22 heavy (non-hydrogen) atoms. The molecule has 7 heteroatoms. The standard InChI is InChI=1S/C15H17Cl2NO4/c1-21-15(20)13(18-14(19)9-5-6-22-8-9)7-10-11(16)3-2-4-12(10)17/h2-4,9,13H,5-8H2,1H3,(H,18,19)/t9-,13-/m0/s1. The van der Waals surface area contributed by atoms with Crippen LogP contribution >= 0.6 is 23.2 Å². The van der Waals surface area contributed by atoms with Crippen molar-refractivity contribution in [1.29, 1.82) is 0 Å². The van der Waals surface area contributed by atoms with Gasteiger partial charge in [0.15, 0.2) is 0 Å². The number of carbonyl (C=O) groups is 2. The molecule has 1 fully saturated rings. The van der Waals surface area contributed by atoms with E-state index in [-0.39, 0.29) is 18.2 Å². The van der Waals surface area contributed by atoms with Gasteiger partial charge in [0.1, 0.15) is 6.04 Å². The van der Waals surface area contributed by atoms with Crippen LogP contribution in [0.3, 0.4) is 0 Å². The molecule has 1 aliphatic rings. The van der Waals surface area contributed by atoms with Gasteiger partial charge >= 0.3 is 5.97 Å². The highest BCUT2D eigenvalue weighted by Crippen LogP contribution is 2.26. The zero-order valence-corrected chi connectivity index (χ0v) is 13.6. The quantitative estimate of drug-likeness (QED) is 0.831. The van der Waals surface area contributed by atoms with Crippen molar-refractivity contribution in [2.75, 3.05) is 20.3 Å². The second-order valence-electron chi connectivity index (χ2n) is 5.05. The first-order chi connectivity index (χ1) is 10.5. The van der Waals surface area contributed by atoms with Crippen LogP contribution in [0.25, 0.3) is 0 Å². The van der Waals surface area contributed by atoms with Crippen LogP contribution in [0.15, 0.2) is 18.2 Å². The molecule has 0 saturated carbocycles. The van der Waals surface area contributed by atoms with Gasteiger partial charge in [-0.1, -0.05) is 29.3 Å². The summed E-state index contributed by atoms with van der Waals surface area (Å²) in [5, 5.41) is 3.59. The summed E-state index contributed by atoms with van der Waals surface area (Å²) in [4.78, 5) is 24.1. The number of halogens is 2. The Labute approximate surface area is 138 Å². The minimum absolute atomic E-state index is 0.171. The predicted molar refractivity (Wildman–Crippen MR) is 83.0 cm³/mol. The summed E-state index contributed by atoms with van der Waals surface area (Å²) in [5.74, 6) is -1.01. The largest absolute Gasteiger partial charge is 0.467 e. The molecular formula is C15H17Cl2NO4. The number of methoxy groups -OCH3 is 1. The van der Waals surface area contributed by atoms with Crippen molar-refractivity contribution in [3.8, 4) is 0 Å². The van der Waals surface area contributed by atoms with Crippen LogP contribution in [0.1, 0.15) is 12.0 Å². The summed E-state index contributed by atoms with van der Waals surface area (Å²) < 4.78 is 9.94. The molecule has 0 unspecified atom stereocenters. The predicted octanol–water partition coefficient (Wildman–Crippen LogP) is 2.23. The molecule has 1 aromatic carbocycles. The molecule has 1 aromatic rings. The second kappa shape index (κ2) is 7.81. The van der Waals surface area contributed by atoms with Gasteiger partial charge in [0.05, 0.1) is 19.6 Å². The summed E-state index contributed by atoms with van der Waals surface area (Å²) in [5.41, 5.74) is 0.601. The Morgan fingerprint density at radius 1 is 1.41 bits per heavy atom. The van der Waals surface area contributed by atoms with Gasteiger partial charge in [0.2, 0.25) is 5.91 Å². The number of hydrogen-bond donors (Lipinski definition) is 1. The van der Waals surface area contributed by atoms with Gasteiger partial charge in [-0.05, 0) is 24.1 Å². The van der Waals surface area contributed by atoms with E-state index in [0.717, 1.165) is 0 Å². The number of ether oxygens (including phenoxy) is 2. The van der Waals surface area contributed by atoms with E-state index < -0.39 is 12.0 Å². The van der Waals surface area contributed by atoms with Crippen molar-refractivity contribution in [3.63, 3.8) is 0 Å². The molecule has 1 heterocycles. The fourth-order valence-corrected chi connectivity index (χ4v) is 2.85. The van der Waals surface area contributed by atoms with E-state index in [1.54, 1.807) is 18.2 Å². The van der Waals surface area contributed by atoms with Gasteiger partial charge in [-0.25, -0.2) is 4.79 Å². The monoisotopic (exact) mass is 345 g/mol. The lowest BCUT2D eigenvalue weighted by atomic mass is 10.0. The van der Waals surface area contributed by atoms with Crippen molar-refractivity contribution < 1.29 is 19.1 Å². The van der Waals surface area contributed by atoms with Crippen molar-refractivity contribution in [2.45, 2.75) is 18.9 Å². The number of hydrogen-bond acceptors (Lipinski definition) is 4. The van der Waals surface area contributed by atoms with Crippen molar-refractivity contribution in [3.05, 3.63) is 33.8 Å². The van der Waals surface area contributed by atoms with Crippen LogP contribution in [0.4, 0.5) is 0 Å². The van der Waals surface area contributed by atoms with Crippen LogP contribution in [-0.2, 0) is 25.5 Å². The second-order valence-corrected chi connectivity index (χ2v) is 5.86. The molecular weight excluding hydrogens is 329 g/mol. The molecule has 120 valence electrons. The lowest BCUT2D eigenvalue weighted by molar-refractivity contribution is -0.145. The summed E-state index contributed by atoms with van der Waals surface area (Å²) in [6.07, 6.45) is 0.817. The molecule has 1 N–H and O–H groups in total. The van der Waals surface area contributed by atoms with Gasteiger partial charge in [-0.2, -0.15) is 0 Å². The molecule has 0 spiro atoms. The average molecular weight is 346 g/mol. The Balaban J connectivity index is 2.12. The van der Waals surface area contributed by atoms with Gasteiger partial charge in [-0.3, -0.25) is 4.79 Å². The first kappa shape index (κ1) is 17.1. The molecule has 0 radical (unpaired) electrons. The topological polar surface area (TPSA) is 64.6 Å². The van der Waals surface area contributed by atoms with E-state index in [1.807, 2.05) is 0 Å². The van der Waals surface area contributed by atoms with Crippen molar-refractivity contribution in [1.82, 2.24) is 5.32 Å². The highest BCUT2D eigenvalue weighted by Gasteiger charge is 2.29. The summed E-state index contributed by atoms with van der Waals surface area (Å²) in [6, 6.07) is 4.25. The molecule has 5 nitrogen and oxygen atoms in total. The third-order valence-electron chi connectivity index (χ3n) is 3.57. The highest BCUT2D eigenvalue weighted by atomic mass is 35.5. The first-order valence-electron chi connectivity index (χ1n) is 6.91. The van der Waals surface area contributed by atoms with Gasteiger partial charge in [0.25, 0.3) is 0 Å². The number of nitrogens with one attached hydrogen (secondary N) is 1. The van der Waals surface area contributed by atoms with E-state index >= 15 is 0 Å². The molecule has 2 rings (SSSR count). The Morgan fingerprint density at radius 2 is 2.09 bits per heavy atom. The minimum atomic E-state index is -0.838. The first-order valence-corrected chi connectivity index (χ1v) is 7.67. The Morgan fingerprint density at radius 3 is 2.64 bits per heavy atom. The molecule has 2 atom stereocenters. The lowest BCUT2D eigenvalue weighted by Gasteiger charge is -2.19. The molecule has 1 amide bonds. The van der Waals surface area contributed by atoms with Crippen molar-refractivity contribution in [2.24, 2.45) is 5.92 Å².